The SMILES string of the molecule is CCNC(=NCC(C)(C)OC)NCCCS(=O)(=O)Cc1ccccc1. The Morgan fingerprint density at radius 1 is 1.20 bits per heavy atom. The molecule has 0 fully saturated rings. The second-order valence-corrected chi connectivity index (χ2v) is 8.70. The fourth-order valence-corrected chi connectivity index (χ4v) is 3.50. The summed E-state index contributed by atoms with van der Waals surface area (Å²) >= 11 is 0. The lowest BCUT2D eigenvalue weighted by molar-refractivity contribution is 0.0310. The summed E-state index contributed by atoms with van der Waals surface area (Å²) in [4.78, 5) is 4.48. The monoisotopic (exact) mass is 369 g/mol. The van der Waals surface area contributed by atoms with E-state index in [1.165, 1.54) is 0 Å². The van der Waals surface area contributed by atoms with Crippen molar-refractivity contribution in [1.82, 2.24) is 10.6 Å². The van der Waals surface area contributed by atoms with Crippen molar-refractivity contribution in [3.8, 4) is 0 Å². The van der Waals surface area contributed by atoms with Crippen molar-refractivity contribution >= 4 is 15.8 Å². The molecule has 0 aromatic heterocycles. The van der Waals surface area contributed by atoms with Gasteiger partial charge >= 0.3 is 0 Å². The van der Waals surface area contributed by atoms with Crippen LogP contribution in [-0.2, 0) is 20.3 Å². The number of hydrogen-bond donors (Lipinski definition) is 2. The molecule has 0 heterocycles. The summed E-state index contributed by atoms with van der Waals surface area (Å²) < 4.78 is 29.7. The van der Waals surface area contributed by atoms with E-state index in [0.29, 0.717) is 25.5 Å². The number of guanidine groups is 1. The maximum absolute atomic E-state index is 12.2. The maximum Gasteiger partial charge on any atom is 0.191 e. The van der Waals surface area contributed by atoms with Crippen LogP contribution in [0.15, 0.2) is 35.3 Å². The van der Waals surface area contributed by atoms with Crippen molar-refractivity contribution in [2.75, 3.05) is 32.5 Å². The Labute approximate surface area is 152 Å². The molecule has 1 aromatic rings. The van der Waals surface area contributed by atoms with E-state index in [0.717, 1.165) is 12.1 Å². The summed E-state index contributed by atoms with van der Waals surface area (Å²) in [5.74, 6) is 0.912. The van der Waals surface area contributed by atoms with Gasteiger partial charge in [-0.3, -0.25) is 4.99 Å². The van der Waals surface area contributed by atoms with Crippen molar-refractivity contribution < 1.29 is 13.2 Å². The molecule has 0 atom stereocenters. The molecule has 6 nitrogen and oxygen atoms in total. The van der Waals surface area contributed by atoms with E-state index < -0.39 is 9.84 Å². The first kappa shape index (κ1) is 21.4. The largest absolute Gasteiger partial charge is 0.377 e. The van der Waals surface area contributed by atoms with Crippen LogP contribution in [0.25, 0.3) is 0 Å². The average molecular weight is 370 g/mol. The lowest BCUT2D eigenvalue weighted by atomic mass is 10.1. The molecule has 0 saturated heterocycles. The molecule has 0 unspecified atom stereocenters. The van der Waals surface area contributed by atoms with Gasteiger partial charge in [0.25, 0.3) is 0 Å². The standard InChI is InChI=1S/C18H31N3O3S/c1-5-19-17(21-15-18(2,3)24-4)20-12-9-13-25(22,23)14-16-10-7-6-8-11-16/h6-8,10-11H,5,9,12-15H2,1-4H3,(H2,19,20,21). The summed E-state index contributed by atoms with van der Waals surface area (Å²) in [6, 6.07) is 9.26. The van der Waals surface area contributed by atoms with Gasteiger partial charge in [0.15, 0.2) is 15.8 Å². The van der Waals surface area contributed by atoms with Gasteiger partial charge in [-0.25, -0.2) is 8.42 Å². The van der Waals surface area contributed by atoms with Crippen LogP contribution in [0.4, 0.5) is 0 Å². The maximum atomic E-state index is 12.2. The van der Waals surface area contributed by atoms with Gasteiger partial charge in [0.05, 0.1) is 23.7 Å². The average Bonchev–Trinajstić information content (AvgIpc) is 2.57. The summed E-state index contributed by atoms with van der Waals surface area (Å²) in [5, 5.41) is 6.32. The Hall–Kier alpha value is -1.60. The highest BCUT2D eigenvalue weighted by Gasteiger charge is 2.16. The fourth-order valence-electron chi connectivity index (χ4n) is 2.07. The summed E-state index contributed by atoms with van der Waals surface area (Å²) in [7, 11) is -1.44. The fraction of sp³-hybridized carbons (Fsp3) is 0.611. The first-order chi connectivity index (χ1) is 11.8. The second-order valence-electron chi connectivity index (χ2n) is 6.52. The molecule has 0 aliphatic carbocycles. The third-order valence-corrected chi connectivity index (χ3v) is 5.35. The molecular formula is C18H31N3O3S. The normalized spacial score (nSPS) is 12.9. The minimum atomic E-state index is -3.10. The van der Waals surface area contributed by atoms with Crippen LogP contribution >= 0.6 is 0 Å². The van der Waals surface area contributed by atoms with Crippen molar-refractivity contribution in [3.63, 3.8) is 0 Å². The van der Waals surface area contributed by atoms with E-state index >= 15 is 0 Å². The van der Waals surface area contributed by atoms with Gasteiger partial charge < -0.3 is 15.4 Å². The molecule has 0 spiro atoms. The number of rotatable bonds is 10. The van der Waals surface area contributed by atoms with Crippen LogP contribution in [0, 0.1) is 0 Å². The van der Waals surface area contributed by atoms with Gasteiger partial charge in [-0.05, 0) is 32.8 Å². The van der Waals surface area contributed by atoms with Crippen LogP contribution in [-0.4, -0.2) is 52.5 Å². The van der Waals surface area contributed by atoms with Gasteiger partial charge in [0.2, 0.25) is 0 Å². The Balaban J connectivity index is 2.44. The van der Waals surface area contributed by atoms with E-state index in [2.05, 4.69) is 15.6 Å². The summed E-state index contributed by atoms with van der Waals surface area (Å²) in [6.45, 7) is 7.74. The minimum Gasteiger partial charge on any atom is -0.377 e. The predicted octanol–water partition coefficient (Wildman–Crippen LogP) is 1.97. The third-order valence-electron chi connectivity index (χ3n) is 3.67. The molecule has 0 aliphatic rings. The van der Waals surface area contributed by atoms with E-state index in [1.807, 2.05) is 51.1 Å². The molecule has 25 heavy (non-hydrogen) atoms. The summed E-state index contributed by atoms with van der Waals surface area (Å²) in [5.41, 5.74) is 0.494. The number of methoxy groups -OCH3 is 1. The molecule has 0 saturated carbocycles. The molecule has 1 aromatic carbocycles. The third kappa shape index (κ3) is 9.45. The highest BCUT2D eigenvalue weighted by atomic mass is 32.2. The van der Waals surface area contributed by atoms with Crippen LogP contribution in [0.2, 0.25) is 0 Å². The number of aliphatic imine (C=N–C) groups is 1. The van der Waals surface area contributed by atoms with E-state index in [9.17, 15) is 8.42 Å². The van der Waals surface area contributed by atoms with Crippen molar-refractivity contribution in [1.29, 1.82) is 0 Å². The molecule has 0 amide bonds. The first-order valence-electron chi connectivity index (χ1n) is 8.59. The van der Waals surface area contributed by atoms with Crippen molar-refractivity contribution in [2.24, 2.45) is 4.99 Å². The van der Waals surface area contributed by atoms with Gasteiger partial charge in [-0.2, -0.15) is 0 Å². The van der Waals surface area contributed by atoms with Gasteiger partial charge in [-0.1, -0.05) is 30.3 Å². The molecule has 1 rings (SSSR count). The molecule has 142 valence electrons. The highest BCUT2D eigenvalue weighted by molar-refractivity contribution is 7.90. The quantitative estimate of drug-likeness (QED) is 0.374. The van der Waals surface area contributed by atoms with Crippen LogP contribution in [0.1, 0.15) is 32.8 Å². The first-order valence-corrected chi connectivity index (χ1v) is 10.4. The van der Waals surface area contributed by atoms with Gasteiger partial charge in [0.1, 0.15) is 0 Å². The molecular weight excluding hydrogens is 338 g/mol. The van der Waals surface area contributed by atoms with Crippen molar-refractivity contribution in [3.05, 3.63) is 35.9 Å². The van der Waals surface area contributed by atoms with E-state index in [4.69, 9.17) is 4.74 Å². The number of sulfone groups is 1. The molecule has 7 heteroatoms. The Bertz CT molecular complexity index is 628. The summed E-state index contributed by atoms with van der Waals surface area (Å²) in [6.07, 6.45) is 0.535. The number of nitrogens with one attached hydrogen (secondary N) is 2. The van der Waals surface area contributed by atoms with Crippen molar-refractivity contribution in [2.45, 2.75) is 38.5 Å². The smallest absolute Gasteiger partial charge is 0.191 e. The highest BCUT2D eigenvalue weighted by Crippen LogP contribution is 2.08. The Morgan fingerprint density at radius 2 is 1.88 bits per heavy atom. The van der Waals surface area contributed by atoms with Gasteiger partial charge in [-0.15, -0.1) is 0 Å². The molecule has 0 radical (unpaired) electrons. The molecule has 0 aliphatic heterocycles. The van der Waals surface area contributed by atoms with Crippen LogP contribution in [0.5, 0.6) is 0 Å². The zero-order valence-corrected chi connectivity index (χ0v) is 16.5. The van der Waals surface area contributed by atoms with E-state index in [1.54, 1.807) is 7.11 Å². The second kappa shape index (κ2) is 10.4. The number of nitrogens with zero attached hydrogens (tertiary/aromatic N) is 1. The lowest BCUT2D eigenvalue weighted by Crippen LogP contribution is -2.39. The number of hydrogen-bond acceptors (Lipinski definition) is 4. The zero-order chi connectivity index (χ0) is 18.8. The van der Waals surface area contributed by atoms with Crippen LogP contribution < -0.4 is 10.6 Å². The topological polar surface area (TPSA) is 79.8 Å². The lowest BCUT2D eigenvalue weighted by Gasteiger charge is -2.21. The number of ether oxygens (including phenoxy) is 1. The van der Waals surface area contributed by atoms with E-state index in [-0.39, 0.29) is 17.1 Å². The Morgan fingerprint density at radius 3 is 2.48 bits per heavy atom. The van der Waals surface area contributed by atoms with Crippen LogP contribution in [0.3, 0.4) is 0 Å². The van der Waals surface area contributed by atoms with Gasteiger partial charge in [0, 0.05) is 20.2 Å². The zero-order valence-electron chi connectivity index (χ0n) is 15.7. The minimum absolute atomic E-state index is 0.0873. The Kier molecular flexibility index (Phi) is 8.92. The number of benzene rings is 1. The molecule has 2 N–H and O–H groups in total. The molecule has 0 bridgehead atoms. The predicted molar refractivity (Wildman–Crippen MR) is 104 cm³/mol.